The molecule has 2 aromatic heterocycles. The van der Waals surface area contributed by atoms with Crippen molar-refractivity contribution in [1.82, 2.24) is 15.2 Å². The fourth-order valence-corrected chi connectivity index (χ4v) is 3.32. The van der Waals surface area contributed by atoms with Gasteiger partial charge in [0.15, 0.2) is 0 Å². The summed E-state index contributed by atoms with van der Waals surface area (Å²) in [6.07, 6.45) is 2.66. The molecule has 2 heterocycles. The second-order valence-electron chi connectivity index (χ2n) is 4.35. The maximum absolute atomic E-state index is 6.27. The number of ether oxygens (including phenoxy) is 1. The summed E-state index contributed by atoms with van der Waals surface area (Å²) in [5, 5.41) is 4.90. The first kappa shape index (κ1) is 15.5. The standard InChI is InChI=1S/C13H19ClN4OS/c1-3-9-4-5-11(20-9)12(17-15)13-10(14)8-16-18(13)6-7-19-2/h4-5,8,12,17H,3,6-7,15H2,1-2H3. The molecule has 0 radical (unpaired) electrons. The van der Waals surface area contributed by atoms with Crippen molar-refractivity contribution in [3.8, 4) is 0 Å². The van der Waals surface area contributed by atoms with Crippen molar-refractivity contribution in [3.05, 3.63) is 38.8 Å². The molecule has 0 spiro atoms. The number of methoxy groups -OCH3 is 1. The Hall–Kier alpha value is -0.920. The molecule has 0 amide bonds. The summed E-state index contributed by atoms with van der Waals surface area (Å²) in [7, 11) is 1.66. The van der Waals surface area contributed by atoms with Gasteiger partial charge in [-0.25, -0.2) is 5.43 Å². The summed E-state index contributed by atoms with van der Waals surface area (Å²) in [4.78, 5) is 2.45. The van der Waals surface area contributed by atoms with Crippen LogP contribution < -0.4 is 11.3 Å². The molecular formula is C13H19ClN4OS. The maximum atomic E-state index is 6.27. The average Bonchev–Trinajstić information content (AvgIpc) is 3.06. The highest BCUT2D eigenvalue weighted by Crippen LogP contribution is 2.32. The number of halogens is 1. The Kier molecular flexibility index (Phi) is 5.56. The number of nitrogens with zero attached hydrogens (tertiary/aromatic N) is 2. The molecule has 110 valence electrons. The van der Waals surface area contributed by atoms with Crippen LogP contribution in [0.5, 0.6) is 0 Å². The van der Waals surface area contributed by atoms with Crippen molar-refractivity contribution in [2.45, 2.75) is 25.9 Å². The van der Waals surface area contributed by atoms with Crippen LogP contribution in [-0.2, 0) is 17.7 Å². The van der Waals surface area contributed by atoms with Gasteiger partial charge in [0.25, 0.3) is 0 Å². The highest BCUT2D eigenvalue weighted by atomic mass is 35.5. The predicted molar refractivity (Wildman–Crippen MR) is 82.0 cm³/mol. The van der Waals surface area contributed by atoms with Crippen molar-refractivity contribution in [1.29, 1.82) is 0 Å². The van der Waals surface area contributed by atoms with Crippen molar-refractivity contribution in [2.75, 3.05) is 13.7 Å². The quantitative estimate of drug-likeness (QED) is 0.608. The SMILES string of the molecule is CCc1ccc(C(NN)c2c(Cl)cnn2CCOC)s1. The van der Waals surface area contributed by atoms with E-state index >= 15 is 0 Å². The lowest BCUT2D eigenvalue weighted by Gasteiger charge is -2.17. The van der Waals surface area contributed by atoms with Gasteiger partial charge in [0.1, 0.15) is 0 Å². The lowest BCUT2D eigenvalue weighted by Crippen LogP contribution is -2.30. The Bertz CT molecular complexity index is 554. The highest BCUT2D eigenvalue weighted by Gasteiger charge is 2.22. The van der Waals surface area contributed by atoms with Crippen molar-refractivity contribution >= 4 is 22.9 Å². The largest absolute Gasteiger partial charge is 0.383 e. The lowest BCUT2D eigenvalue weighted by molar-refractivity contribution is 0.182. The first-order chi connectivity index (χ1) is 9.71. The van der Waals surface area contributed by atoms with Crippen molar-refractivity contribution < 1.29 is 4.74 Å². The fraction of sp³-hybridized carbons (Fsp3) is 0.462. The molecule has 0 fully saturated rings. The van der Waals surface area contributed by atoms with E-state index in [4.69, 9.17) is 22.2 Å². The maximum Gasteiger partial charge on any atom is 0.0985 e. The molecule has 20 heavy (non-hydrogen) atoms. The topological polar surface area (TPSA) is 65.1 Å². The van der Waals surface area contributed by atoms with Crippen molar-refractivity contribution in [3.63, 3.8) is 0 Å². The number of hydrogen-bond donors (Lipinski definition) is 2. The molecule has 0 saturated carbocycles. The van der Waals surface area contributed by atoms with E-state index in [1.165, 1.54) is 4.88 Å². The Balaban J connectivity index is 2.33. The Labute approximate surface area is 127 Å². The molecule has 7 heteroatoms. The zero-order valence-electron chi connectivity index (χ0n) is 11.6. The van der Waals surface area contributed by atoms with Crippen LogP contribution in [0, 0.1) is 0 Å². The minimum atomic E-state index is -0.160. The Morgan fingerprint density at radius 2 is 2.35 bits per heavy atom. The van der Waals surface area contributed by atoms with Crippen LogP contribution in [0.1, 0.15) is 28.4 Å². The van der Waals surface area contributed by atoms with Crippen LogP contribution in [0.25, 0.3) is 0 Å². The molecule has 5 nitrogen and oxygen atoms in total. The Morgan fingerprint density at radius 1 is 1.55 bits per heavy atom. The third kappa shape index (κ3) is 3.21. The van der Waals surface area contributed by atoms with Gasteiger partial charge < -0.3 is 4.74 Å². The van der Waals surface area contributed by atoms with Crippen LogP contribution in [0.2, 0.25) is 5.02 Å². The second-order valence-corrected chi connectivity index (χ2v) is 5.96. The van der Waals surface area contributed by atoms with Gasteiger partial charge in [-0.15, -0.1) is 11.3 Å². The summed E-state index contributed by atoms with van der Waals surface area (Å²) in [6, 6.07) is 4.04. The van der Waals surface area contributed by atoms with E-state index in [-0.39, 0.29) is 6.04 Å². The number of thiophene rings is 1. The summed E-state index contributed by atoms with van der Waals surface area (Å²) < 4.78 is 6.93. The molecule has 0 aliphatic rings. The first-order valence-corrected chi connectivity index (χ1v) is 7.65. The molecule has 0 aliphatic carbocycles. The molecule has 2 aromatic rings. The van der Waals surface area contributed by atoms with E-state index in [9.17, 15) is 0 Å². The van der Waals surface area contributed by atoms with Crippen LogP contribution in [0.15, 0.2) is 18.3 Å². The van der Waals surface area contributed by atoms with Gasteiger partial charge in [0.05, 0.1) is 36.1 Å². The van der Waals surface area contributed by atoms with Crippen LogP contribution in [0.3, 0.4) is 0 Å². The summed E-state index contributed by atoms with van der Waals surface area (Å²) >= 11 is 8.00. The molecule has 0 aliphatic heterocycles. The Morgan fingerprint density at radius 3 is 2.95 bits per heavy atom. The van der Waals surface area contributed by atoms with Crippen LogP contribution >= 0.6 is 22.9 Å². The molecule has 1 atom stereocenters. The number of nitrogens with one attached hydrogen (secondary N) is 1. The minimum Gasteiger partial charge on any atom is -0.383 e. The normalized spacial score (nSPS) is 12.8. The minimum absolute atomic E-state index is 0.160. The van der Waals surface area contributed by atoms with Gasteiger partial charge >= 0.3 is 0 Å². The lowest BCUT2D eigenvalue weighted by atomic mass is 10.2. The molecular weight excluding hydrogens is 296 g/mol. The number of nitrogens with two attached hydrogens (primary N) is 1. The van der Waals surface area contributed by atoms with Crippen LogP contribution in [0.4, 0.5) is 0 Å². The van der Waals surface area contributed by atoms with E-state index in [0.29, 0.717) is 18.2 Å². The fourth-order valence-electron chi connectivity index (χ4n) is 2.05. The second kappa shape index (κ2) is 7.19. The highest BCUT2D eigenvalue weighted by molar-refractivity contribution is 7.12. The number of rotatable bonds is 7. The van der Waals surface area contributed by atoms with Gasteiger partial charge in [-0.3, -0.25) is 10.5 Å². The van der Waals surface area contributed by atoms with E-state index in [2.05, 4.69) is 29.6 Å². The molecule has 3 N–H and O–H groups in total. The molecule has 0 saturated heterocycles. The van der Waals surface area contributed by atoms with E-state index < -0.39 is 0 Å². The molecule has 0 aromatic carbocycles. The van der Waals surface area contributed by atoms with E-state index in [0.717, 1.165) is 17.0 Å². The number of aryl methyl sites for hydroxylation is 1. The number of hydrazine groups is 1. The summed E-state index contributed by atoms with van der Waals surface area (Å²) in [5.41, 5.74) is 3.71. The summed E-state index contributed by atoms with van der Waals surface area (Å²) in [5.74, 6) is 5.74. The van der Waals surface area contributed by atoms with Gasteiger partial charge in [-0.1, -0.05) is 18.5 Å². The van der Waals surface area contributed by atoms with Gasteiger partial charge in [0.2, 0.25) is 0 Å². The van der Waals surface area contributed by atoms with E-state index in [1.54, 1.807) is 24.6 Å². The zero-order chi connectivity index (χ0) is 14.5. The third-order valence-corrected chi connectivity index (χ3v) is 4.68. The molecule has 2 rings (SSSR count). The number of hydrogen-bond acceptors (Lipinski definition) is 5. The predicted octanol–water partition coefficient (Wildman–Crippen LogP) is 2.36. The molecule has 0 bridgehead atoms. The summed E-state index contributed by atoms with van der Waals surface area (Å²) in [6.45, 7) is 3.35. The van der Waals surface area contributed by atoms with Gasteiger partial charge in [-0.2, -0.15) is 5.10 Å². The van der Waals surface area contributed by atoms with Gasteiger partial charge in [0, 0.05) is 16.9 Å². The van der Waals surface area contributed by atoms with Crippen LogP contribution in [-0.4, -0.2) is 23.5 Å². The monoisotopic (exact) mass is 314 g/mol. The average molecular weight is 315 g/mol. The van der Waals surface area contributed by atoms with Crippen molar-refractivity contribution in [2.24, 2.45) is 5.84 Å². The van der Waals surface area contributed by atoms with Gasteiger partial charge in [-0.05, 0) is 18.6 Å². The molecule has 1 unspecified atom stereocenters. The number of aromatic nitrogens is 2. The zero-order valence-corrected chi connectivity index (χ0v) is 13.2. The first-order valence-electron chi connectivity index (χ1n) is 6.46. The smallest absolute Gasteiger partial charge is 0.0985 e. The van der Waals surface area contributed by atoms with E-state index in [1.807, 2.05) is 4.68 Å². The third-order valence-electron chi connectivity index (χ3n) is 3.10.